The Kier molecular flexibility index (Phi) is 23.8. The molecule has 0 atom stereocenters. The van der Waals surface area contributed by atoms with Crippen LogP contribution < -0.4 is 35.4 Å². The Bertz CT molecular complexity index is 2540. The van der Waals surface area contributed by atoms with E-state index in [1.54, 1.807) is 10.6 Å². The third-order valence-electron chi connectivity index (χ3n) is 16.9. The molecule has 4 saturated carbocycles. The zero-order valence-electron chi connectivity index (χ0n) is 43.5. The number of hydrogen-bond donors (Lipinski definition) is 0. The Morgan fingerprint density at radius 3 is 1.01 bits per heavy atom. The standard InChI is InChI=1S/2C21H28P.2C13H9.2ClH.2Zr/c2*1-3-11-19(12-4-1)22(20-13-5-2-6-14-20)21-15-17-9-7-8-10-18(17)16-21;2*1-3-7-12-10(5-1)9-11-6-2-4-8-13(11)12;;;;/h2*7-10,15-16,19-20H,1-6,11-14H2;2*1-5,7-8H,9H2;2*1H;;/q4*-1;;;2*+2/p-2. The molecule has 0 spiro atoms. The molecule has 0 aromatic heterocycles. The van der Waals surface area contributed by atoms with E-state index in [0.717, 1.165) is 35.5 Å². The van der Waals surface area contributed by atoms with Crippen LogP contribution in [0.1, 0.15) is 151 Å². The minimum atomic E-state index is 0. The zero-order valence-corrected chi connectivity index (χ0v) is 51.7. The van der Waals surface area contributed by atoms with Crippen LogP contribution in [0.25, 0.3) is 43.8 Å². The van der Waals surface area contributed by atoms with Gasteiger partial charge < -0.3 is 24.8 Å². The maximum absolute atomic E-state index is 3.30. The molecule has 6 aliphatic carbocycles. The summed E-state index contributed by atoms with van der Waals surface area (Å²) in [5.74, 6) is 0. The van der Waals surface area contributed by atoms with Gasteiger partial charge in [-0.05, 0) is 86.8 Å². The van der Waals surface area contributed by atoms with E-state index >= 15 is 0 Å². The van der Waals surface area contributed by atoms with Crippen molar-refractivity contribution in [3.63, 3.8) is 0 Å². The smallest absolute Gasteiger partial charge is 1.00 e. The number of halogens is 2. The van der Waals surface area contributed by atoms with Gasteiger partial charge in [0.25, 0.3) is 0 Å². The average Bonchev–Trinajstić information content (AvgIpc) is 4.24. The molecule has 0 saturated heterocycles. The average molecular weight is 1210 g/mol. The first-order valence-corrected chi connectivity index (χ1v) is 30.7. The summed E-state index contributed by atoms with van der Waals surface area (Å²) in [5.41, 5.74) is 15.1. The van der Waals surface area contributed by atoms with E-state index in [4.69, 9.17) is 0 Å². The summed E-state index contributed by atoms with van der Waals surface area (Å²) >= 11 is 0. The molecule has 0 N–H and O–H groups in total. The van der Waals surface area contributed by atoms with Crippen molar-refractivity contribution < 1.29 is 77.2 Å². The van der Waals surface area contributed by atoms with Gasteiger partial charge in [0.1, 0.15) is 0 Å². The van der Waals surface area contributed by atoms with Crippen molar-refractivity contribution in [1.82, 2.24) is 0 Å². The van der Waals surface area contributed by atoms with Gasteiger partial charge in [-0.1, -0.05) is 176 Å². The van der Waals surface area contributed by atoms with E-state index in [1.807, 2.05) is 12.1 Å². The molecule has 6 heteroatoms. The van der Waals surface area contributed by atoms with Crippen LogP contribution in [-0.4, -0.2) is 22.6 Å². The van der Waals surface area contributed by atoms with Gasteiger partial charge in [-0.25, -0.2) is 0 Å². The minimum absolute atomic E-state index is 0. The normalized spacial score (nSPS) is 17.2. The fourth-order valence-electron chi connectivity index (χ4n) is 13.4. The first-order chi connectivity index (χ1) is 34.7. The molecule has 380 valence electrons. The van der Waals surface area contributed by atoms with Crippen LogP contribution in [0.4, 0.5) is 0 Å². The Morgan fingerprint density at radius 1 is 0.351 bits per heavy atom. The summed E-state index contributed by atoms with van der Waals surface area (Å²) in [6, 6.07) is 64.4. The van der Waals surface area contributed by atoms with Gasteiger partial charge in [0.15, 0.2) is 0 Å². The van der Waals surface area contributed by atoms with Crippen molar-refractivity contribution in [2.24, 2.45) is 0 Å². The molecule has 0 nitrogen and oxygen atoms in total. The molecule has 0 radical (unpaired) electrons. The van der Waals surface area contributed by atoms with Crippen molar-refractivity contribution in [3.05, 3.63) is 192 Å². The van der Waals surface area contributed by atoms with Crippen molar-refractivity contribution >= 4 is 48.0 Å². The molecule has 6 aliphatic rings. The van der Waals surface area contributed by atoms with Gasteiger partial charge in [0.05, 0.1) is 0 Å². The van der Waals surface area contributed by atoms with E-state index in [1.165, 1.54) is 194 Å². The maximum atomic E-state index is 3.30. The maximum Gasteiger partial charge on any atom is 2.00 e. The Labute approximate surface area is 498 Å². The van der Waals surface area contributed by atoms with Gasteiger partial charge in [-0.3, -0.25) is 0 Å². The molecule has 8 aromatic rings. The second-order valence-electron chi connectivity index (χ2n) is 21.5. The molecule has 4 fully saturated rings. The van der Waals surface area contributed by atoms with Gasteiger partial charge >= 0.3 is 52.4 Å². The topological polar surface area (TPSA) is 0 Å². The van der Waals surface area contributed by atoms with Crippen LogP contribution in [0.2, 0.25) is 0 Å². The predicted molar refractivity (Wildman–Crippen MR) is 307 cm³/mol. The quantitative estimate of drug-likeness (QED) is 0.115. The molecule has 14 rings (SSSR count). The monoisotopic (exact) mass is 1200 g/mol. The van der Waals surface area contributed by atoms with E-state index in [2.05, 4.69) is 158 Å². The molecule has 0 heterocycles. The van der Waals surface area contributed by atoms with Gasteiger partial charge in [0, 0.05) is 0 Å². The van der Waals surface area contributed by atoms with Crippen molar-refractivity contribution in [3.8, 4) is 22.3 Å². The number of benzene rings is 6. The minimum Gasteiger partial charge on any atom is -1.00 e. The van der Waals surface area contributed by atoms with Crippen LogP contribution in [0.15, 0.2) is 158 Å². The summed E-state index contributed by atoms with van der Waals surface area (Å²) in [4.78, 5) is 0. The van der Waals surface area contributed by atoms with Crippen LogP contribution in [-0.2, 0) is 65.2 Å². The Hall–Kier alpha value is -2.25. The summed E-state index contributed by atoms with van der Waals surface area (Å²) in [7, 11) is 0.122. The van der Waals surface area contributed by atoms with E-state index < -0.39 is 0 Å². The van der Waals surface area contributed by atoms with Crippen molar-refractivity contribution in [2.75, 3.05) is 0 Å². The largest absolute Gasteiger partial charge is 2.00 e. The first kappa shape index (κ1) is 59.4. The predicted octanol–water partition coefficient (Wildman–Crippen LogP) is 12.8. The molecule has 0 bridgehead atoms. The molecule has 0 unspecified atom stereocenters. The summed E-state index contributed by atoms with van der Waals surface area (Å²) in [5, 5.41) is 9.34. The van der Waals surface area contributed by atoms with Gasteiger partial charge in [-0.2, -0.15) is 71.8 Å². The third-order valence-corrected chi connectivity index (χ3v) is 23.8. The first-order valence-electron chi connectivity index (χ1n) is 27.8. The zero-order chi connectivity index (χ0) is 46.9. The number of fused-ring (bicyclic) bond motifs is 8. The summed E-state index contributed by atoms with van der Waals surface area (Å²) in [6.45, 7) is 0. The Morgan fingerprint density at radius 2 is 0.662 bits per heavy atom. The van der Waals surface area contributed by atoms with Crippen LogP contribution in [0.3, 0.4) is 0 Å². The van der Waals surface area contributed by atoms with E-state index in [-0.39, 0.29) is 93.1 Å². The van der Waals surface area contributed by atoms with E-state index in [0.29, 0.717) is 0 Å². The second kappa shape index (κ2) is 29.6. The summed E-state index contributed by atoms with van der Waals surface area (Å²) < 4.78 is 0. The molecule has 8 aromatic carbocycles. The van der Waals surface area contributed by atoms with Crippen molar-refractivity contribution in [1.29, 1.82) is 0 Å². The second-order valence-corrected chi connectivity index (χ2v) is 27.0. The fraction of sp³-hybridized carbons (Fsp3) is 0.382. The number of hydrogen-bond acceptors (Lipinski definition) is 0. The van der Waals surface area contributed by atoms with E-state index in [9.17, 15) is 0 Å². The molecular weight excluding hydrogens is 1130 g/mol. The van der Waals surface area contributed by atoms with Gasteiger partial charge in [-0.15, -0.1) is 91.8 Å². The van der Waals surface area contributed by atoms with Crippen molar-refractivity contribution in [2.45, 2.75) is 164 Å². The number of rotatable bonds is 6. The molecule has 0 aliphatic heterocycles. The third kappa shape index (κ3) is 14.3. The van der Waals surface area contributed by atoms with Gasteiger partial charge in [0.2, 0.25) is 0 Å². The van der Waals surface area contributed by atoms with Crippen LogP contribution in [0.5, 0.6) is 0 Å². The summed E-state index contributed by atoms with van der Waals surface area (Å²) in [6.07, 6.45) is 31.9. The van der Waals surface area contributed by atoms with Crippen LogP contribution >= 0.6 is 15.8 Å². The Balaban J connectivity index is 0.000000145. The molecular formula is C68H74Cl2P2Zr2-2. The fourth-order valence-corrected chi connectivity index (χ4v) is 21.2. The van der Waals surface area contributed by atoms with Crippen LogP contribution in [0, 0.1) is 12.1 Å². The molecule has 74 heavy (non-hydrogen) atoms. The molecule has 0 amide bonds. The SMILES string of the molecule is [Cl-].[Cl-].[Zr+2].[Zr+2].[c-]1cccc2c1Cc1ccccc1-2.[c-]1cccc2c1Cc1ccccc1-2.c1ccc2[cH-]c(P(C3CCCCC3)C3CCCCC3)cc2c1.c1ccc2[cH-]c(P(C3CCCCC3)C3CCCCC3)cc2c1.